The van der Waals surface area contributed by atoms with Crippen LogP contribution in [0.4, 0.5) is 0 Å². The maximum absolute atomic E-state index is 12.7. The minimum atomic E-state index is -0.976. The number of benzene rings is 1. The highest BCUT2D eigenvalue weighted by Crippen LogP contribution is 2.17. The fourth-order valence-electron chi connectivity index (χ4n) is 2.52. The Morgan fingerprint density at radius 2 is 1.68 bits per heavy atom. The number of amides is 1. The number of hydrogen-bond acceptors (Lipinski definition) is 6. The fourth-order valence-corrected chi connectivity index (χ4v) is 2.52. The molecule has 25 heavy (non-hydrogen) atoms. The molecule has 2 unspecified atom stereocenters. The second kappa shape index (κ2) is 7.76. The molecule has 0 spiro atoms. The second-order valence-corrected chi connectivity index (χ2v) is 6.92. The van der Waals surface area contributed by atoms with E-state index in [1.54, 1.807) is 18.2 Å². The summed E-state index contributed by atoms with van der Waals surface area (Å²) in [5.74, 6) is -0.909. The van der Waals surface area contributed by atoms with Crippen molar-refractivity contribution in [2.45, 2.75) is 45.8 Å². The van der Waals surface area contributed by atoms with Crippen molar-refractivity contribution >= 4 is 22.8 Å². The van der Waals surface area contributed by atoms with Crippen molar-refractivity contribution in [2.24, 2.45) is 23.3 Å². The van der Waals surface area contributed by atoms with E-state index in [1.165, 1.54) is 0 Å². The van der Waals surface area contributed by atoms with Crippen LogP contribution in [0.25, 0.3) is 11.1 Å². The molecular formula is C18H26N4O3. The van der Waals surface area contributed by atoms with E-state index < -0.39 is 23.9 Å². The Bertz CT molecular complexity index is 721. The molecule has 3 atom stereocenters. The molecule has 2 rings (SSSR count). The van der Waals surface area contributed by atoms with E-state index in [4.69, 9.17) is 15.9 Å². The van der Waals surface area contributed by atoms with Gasteiger partial charge in [0.15, 0.2) is 5.58 Å². The zero-order chi connectivity index (χ0) is 18.7. The van der Waals surface area contributed by atoms with Crippen molar-refractivity contribution in [3.05, 3.63) is 30.2 Å². The molecule has 0 saturated heterocycles. The molecule has 7 heteroatoms. The molecule has 0 bridgehead atoms. The van der Waals surface area contributed by atoms with Crippen molar-refractivity contribution in [3.63, 3.8) is 0 Å². The molecule has 7 nitrogen and oxygen atoms in total. The summed E-state index contributed by atoms with van der Waals surface area (Å²) in [5.41, 5.74) is 13.1. The van der Waals surface area contributed by atoms with Gasteiger partial charge in [-0.3, -0.25) is 9.59 Å². The summed E-state index contributed by atoms with van der Waals surface area (Å²) in [5, 5.41) is 2.80. The predicted molar refractivity (Wildman–Crippen MR) is 95.9 cm³/mol. The molecule has 2 aromatic rings. The SMILES string of the molecule is CC(C)C(N)C(=O)NC(C(C)C)[C@H](N)C(=O)c1nc2ccccc2o1. The summed E-state index contributed by atoms with van der Waals surface area (Å²) in [6.07, 6.45) is 0. The van der Waals surface area contributed by atoms with E-state index in [2.05, 4.69) is 10.3 Å². The normalized spacial score (nSPS) is 15.4. The Balaban J connectivity index is 2.19. The number of Topliss-reactive ketones (excluding diaryl/α,β-unsaturated/α-hetero) is 1. The number of ketones is 1. The van der Waals surface area contributed by atoms with Gasteiger partial charge in [-0.15, -0.1) is 0 Å². The number of rotatable bonds is 7. The number of nitrogens with zero attached hydrogens (tertiary/aromatic N) is 1. The largest absolute Gasteiger partial charge is 0.434 e. The Kier molecular flexibility index (Phi) is 5.92. The van der Waals surface area contributed by atoms with E-state index in [1.807, 2.05) is 33.8 Å². The average Bonchev–Trinajstić information content (AvgIpc) is 3.01. The molecule has 1 aromatic heterocycles. The molecule has 136 valence electrons. The number of para-hydroxylation sites is 2. The van der Waals surface area contributed by atoms with E-state index in [0.29, 0.717) is 11.1 Å². The highest BCUT2D eigenvalue weighted by molar-refractivity contribution is 5.98. The van der Waals surface area contributed by atoms with E-state index >= 15 is 0 Å². The van der Waals surface area contributed by atoms with Crippen LogP contribution in [0.5, 0.6) is 0 Å². The Hall–Kier alpha value is -2.25. The fraction of sp³-hybridized carbons (Fsp3) is 0.500. The summed E-state index contributed by atoms with van der Waals surface area (Å²) in [6.45, 7) is 7.48. The lowest BCUT2D eigenvalue weighted by molar-refractivity contribution is -0.124. The molecule has 0 aliphatic rings. The van der Waals surface area contributed by atoms with Gasteiger partial charge in [0, 0.05) is 0 Å². The molecular weight excluding hydrogens is 320 g/mol. The van der Waals surface area contributed by atoms with E-state index in [-0.39, 0.29) is 23.6 Å². The lowest BCUT2D eigenvalue weighted by Crippen LogP contribution is -2.58. The zero-order valence-corrected chi connectivity index (χ0v) is 15.0. The van der Waals surface area contributed by atoms with Gasteiger partial charge in [-0.2, -0.15) is 0 Å². The lowest BCUT2D eigenvalue weighted by Gasteiger charge is -2.28. The third kappa shape index (κ3) is 4.24. The minimum absolute atomic E-state index is 0.0169. The molecule has 0 saturated carbocycles. The molecule has 1 aromatic carbocycles. The first kappa shape index (κ1) is 19.1. The summed E-state index contributed by atoms with van der Waals surface area (Å²) < 4.78 is 5.49. The van der Waals surface area contributed by atoms with Crippen molar-refractivity contribution in [3.8, 4) is 0 Å². The van der Waals surface area contributed by atoms with Gasteiger partial charge in [0.25, 0.3) is 5.89 Å². The Morgan fingerprint density at radius 3 is 2.24 bits per heavy atom. The highest BCUT2D eigenvalue weighted by atomic mass is 16.4. The van der Waals surface area contributed by atoms with Crippen LogP contribution < -0.4 is 16.8 Å². The van der Waals surface area contributed by atoms with Crippen molar-refractivity contribution in [2.75, 3.05) is 0 Å². The van der Waals surface area contributed by atoms with Crippen molar-refractivity contribution in [1.29, 1.82) is 0 Å². The zero-order valence-electron chi connectivity index (χ0n) is 15.0. The molecule has 0 fully saturated rings. The molecule has 0 aliphatic carbocycles. The van der Waals surface area contributed by atoms with Gasteiger partial charge in [-0.25, -0.2) is 4.98 Å². The summed E-state index contributed by atoms with van der Waals surface area (Å²) in [6, 6.07) is 4.89. The highest BCUT2D eigenvalue weighted by Gasteiger charge is 2.33. The first-order valence-electron chi connectivity index (χ1n) is 8.43. The van der Waals surface area contributed by atoms with Crippen LogP contribution in [0.1, 0.15) is 38.4 Å². The van der Waals surface area contributed by atoms with E-state index in [0.717, 1.165) is 0 Å². The standard InChI is InChI=1S/C18H26N4O3/c1-9(2)13(19)17(24)22-15(10(3)4)14(20)16(23)18-21-11-7-5-6-8-12(11)25-18/h5-10,13-15H,19-20H2,1-4H3,(H,22,24)/t13?,14-,15?/m0/s1. The van der Waals surface area contributed by atoms with Gasteiger partial charge in [-0.1, -0.05) is 39.8 Å². The van der Waals surface area contributed by atoms with Crippen molar-refractivity contribution in [1.82, 2.24) is 10.3 Å². The maximum Gasteiger partial charge on any atom is 0.266 e. The number of nitrogens with one attached hydrogen (secondary N) is 1. The summed E-state index contributed by atoms with van der Waals surface area (Å²) in [4.78, 5) is 29.1. The number of carbonyl (C=O) groups excluding carboxylic acids is 2. The van der Waals surface area contributed by atoms with Crippen LogP contribution in [0.2, 0.25) is 0 Å². The molecule has 0 aliphatic heterocycles. The smallest absolute Gasteiger partial charge is 0.266 e. The Labute approximate surface area is 147 Å². The van der Waals surface area contributed by atoms with Gasteiger partial charge < -0.3 is 21.2 Å². The van der Waals surface area contributed by atoms with Crippen LogP contribution in [0.15, 0.2) is 28.7 Å². The third-order valence-electron chi connectivity index (χ3n) is 4.24. The van der Waals surface area contributed by atoms with Crippen molar-refractivity contribution < 1.29 is 14.0 Å². The van der Waals surface area contributed by atoms with Gasteiger partial charge >= 0.3 is 0 Å². The van der Waals surface area contributed by atoms with Gasteiger partial charge in [0.05, 0.1) is 18.1 Å². The summed E-state index contributed by atoms with van der Waals surface area (Å²) >= 11 is 0. The lowest BCUT2D eigenvalue weighted by atomic mass is 9.93. The first-order chi connectivity index (χ1) is 11.7. The first-order valence-corrected chi connectivity index (χ1v) is 8.43. The number of hydrogen-bond donors (Lipinski definition) is 3. The molecule has 5 N–H and O–H groups in total. The van der Waals surface area contributed by atoms with Gasteiger partial charge in [-0.05, 0) is 24.0 Å². The second-order valence-electron chi connectivity index (χ2n) is 6.92. The predicted octanol–water partition coefficient (Wildman–Crippen LogP) is 1.46. The number of aromatic nitrogens is 1. The molecule has 1 amide bonds. The monoisotopic (exact) mass is 346 g/mol. The number of oxazole rings is 1. The topological polar surface area (TPSA) is 124 Å². The molecule has 1 heterocycles. The number of carbonyl (C=O) groups is 2. The van der Waals surface area contributed by atoms with Crippen LogP contribution in [-0.4, -0.2) is 34.8 Å². The number of nitrogens with two attached hydrogens (primary N) is 2. The van der Waals surface area contributed by atoms with Gasteiger partial charge in [0.2, 0.25) is 11.7 Å². The Morgan fingerprint density at radius 1 is 1.04 bits per heavy atom. The van der Waals surface area contributed by atoms with Crippen LogP contribution >= 0.6 is 0 Å². The average molecular weight is 346 g/mol. The van der Waals surface area contributed by atoms with Gasteiger partial charge in [0.1, 0.15) is 5.52 Å². The number of fused-ring (bicyclic) bond motifs is 1. The van der Waals surface area contributed by atoms with Crippen LogP contribution in [-0.2, 0) is 4.79 Å². The summed E-state index contributed by atoms with van der Waals surface area (Å²) in [7, 11) is 0. The van der Waals surface area contributed by atoms with Crippen LogP contribution in [0.3, 0.4) is 0 Å². The minimum Gasteiger partial charge on any atom is -0.434 e. The van der Waals surface area contributed by atoms with E-state index in [9.17, 15) is 9.59 Å². The van der Waals surface area contributed by atoms with Crippen LogP contribution in [0, 0.1) is 11.8 Å². The molecule has 0 radical (unpaired) electrons. The quantitative estimate of drug-likeness (QED) is 0.652. The maximum atomic E-state index is 12.7. The third-order valence-corrected chi connectivity index (χ3v) is 4.24.